The molecule has 0 aliphatic heterocycles. The van der Waals surface area contributed by atoms with Crippen molar-refractivity contribution in [1.82, 2.24) is 9.78 Å². The smallest absolute Gasteiger partial charge is 0.404 e. The lowest BCUT2D eigenvalue weighted by Gasteiger charge is -2.11. The third kappa shape index (κ3) is 4.09. The van der Waals surface area contributed by atoms with Gasteiger partial charge in [-0.25, -0.2) is 0 Å². The largest absolute Gasteiger partial charge is 0.573 e. The summed E-state index contributed by atoms with van der Waals surface area (Å²) < 4.78 is 41.6. The van der Waals surface area contributed by atoms with Gasteiger partial charge in [-0.2, -0.15) is 4.68 Å². The monoisotopic (exact) mass is 321 g/mol. The summed E-state index contributed by atoms with van der Waals surface area (Å²) in [5.41, 5.74) is 0.400. The Morgan fingerprint density at radius 1 is 1.38 bits per heavy atom. The summed E-state index contributed by atoms with van der Waals surface area (Å²) in [5.74, 6) is -0.890. The van der Waals surface area contributed by atoms with E-state index in [0.29, 0.717) is 5.56 Å². The highest BCUT2D eigenvalue weighted by Gasteiger charge is 2.32. The molecule has 1 aromatic heterocycles. The molecule has 10 heteroatoms. The maximum atomic E-state index is 12.2. The van der Waals surface area contributed by atoms with Crippen molar-refractivity contribution in [2.75, 3.05) is 0 Å². The zero-order chi connectivity index (χ0) is 15.6. The van der Waals surface area contributed by atoms with Crippen molar-refractivity contribution in [2.24, 2.45) is 0 Å². The van der Waals surface area contributed by atoms with Gasteiger partial charge in [0, 0.05) is 0 Å². The number of hydrogen-bond acceptors (Lipinski definition) is 4. The topological polar surface area (TPSA) is 70.2 Å². The van der Waals surface area contributed by atoms with E-state index >= 15 is 0 Å². The summed E-state index contributed by atoms with van der Waals surface area (Å²) in [4.78, 5) is 9.82. The zero-order valence-corrected chi connectivity index (χ0v) is 10.9. The van der Waals surface area contributed by atoms with E-state index in [4.69, 9.17) is 11.6 Å². The highest BCUT2D eigenvalue weighted by molar-refractivity contribution is 6.32. The van der Waals surface area contributed by atoms with Crippen LogP contribution in [0, 0.1) is 10.1 Å². The first-order valence-corrected chi connectivity index (χ1v) is 5.84. The molecule has 112 valence electrons. The second-order valence-electron chi connectivity index (χ2n) is 3.94. The van der Waals surface area contributed by atoms with E-state index < -0.39 is 17.0 Å². The normalized spacial score (nSPS) is 11.4. The fourth-order valence-electron chi connectivity index (χ4n) is 1.57. The van der Waals surface area contributed by atoms with Crippen LogP contribution in [-0.4, -0.2) is 21.1 Å². The number of benzene rings is 1. The van der Waals surface area contributed by atoms with Crippen molar-refractivity contribution >= 4 is 17.4 Å². The van der Waals surface area contributed by atoms with E-state index in [2.05, 4.69) is 9.84 Å². The molecule has 0 bridgehead atoms. The van der Waals surface area contributed by atoms with Crippen molar-refractivity contribution in [3.8, 4) is 5.75 Å². The Hall–Kier alpha value is -2.29. The Morgan fingerprint density at radius 2 is 2.10 bits per heavy atom. The summed E-state index contributed by atoms with van der Waals surface area (Å²) in [6.45, 7) is 0.0409. The molecule has 0 unspecified atom stereocenters. The molecule has 0 atom stereocenters. The first kappa shape index (κ1) is 15.1. The lowest BCUT2D eigenvalue weighted by Crippen LogP contribution is -2.17. The Morgan fingerprint density at radius 3 is 2.67 bits per heavy atom. The molecule has 1 aromatic carbocycles. The van der Waals surface area contributed by atoms with Gasteiger partial charge in [-0.05, 0) is 22.6 Å². The number of rotatable bonds is 4. The molecule has 0 aliphatic carbocycles. The Bertz CT molecular complexity index is 672. The first-order valence-electron chi connectivity index (χ1n) is 5.46. The Kier molecular flexibility index (Phi) is 4.03. The minimum absolute atomic E-state index is 0.0409. The van der Waals surface area contributed by atoms with E-state index in [1.54, 1.807) is 0 Å². The fraction of sp³-hybridized carbons (Fsp3) is 0.182. The summed E-state index contributed by atoms with van der Waals surface area (Å²) in [7, 11) is 0. The summed E-state index contributed by atoms with van der Waals surface area (Å²) >= 11 is 5.61. The second-order valence-corrected chi connectivity index (χ2v) is 4.35. The molecule has 0 fully saturated rings. The number of ether oxygens (including phenoxy) is 1. The molecule has 2 rings (SSSR count). The van der Waals surface area contributed by atoms with E-state index in [0.717, 1.165) is 6.07 Å². The van der Waals surface area contributed by atoms with Crippen molar-refractivity contribution in [1.29, 1.82) is 0 Å². The van der Waals surface area contributed by atoms with Crippen LogP contribution in [0.3, 0.4) is 0 Å². The van der Waals surface area contributed by atoms with Gasteiger partial charge in [-0.3, -0.25) is 0 Å². The van der Waals surface area contributed by atoms with Gasteiger partial charge >= 0.3 is 12.2 Å². The van der Waals surface area contributed by atoms with E-state index in [9.17, 15) is 23.3 Å². The molecule has 0 N–H and O–H groups in total. The van der Waals surface area contributed by atoms with E-state index in [-0.39, 0.29) is 17.4 Å². The predicted octanol–water partition coefficient (Wildman–Crippen LogP) is 3.39. The van der Waals surface area contributed by atoms with Crippen molar-refractivity contribution in [3.05, 3.63) is 51.2 Å². The highest BCUT2D eigenvalue weighted by atomic mass is 35.5. The van der Waals surface area contributed by atoms with Gasteiger partial charge in [0.15, 0.2) is 0 Å². The average Bonchev–Trinajstić information content (AvgIpc) is 2.80. The maximum absolute atomic E-state index is 12.2. The molecular weight excluding hydrogens is 315 g/mol. The summed E-state index contributed by atoms with van der Waals surface area (Å²) in [5, 5.41) is 14.0. The van der Waals surface area contributed by atoms with Gasteiger partial charge in [-0.1, -0.05) is 17.7 Å². The number of aromatic nitrogens is 2. The summed E-state index contributed by atoms with van der Waals surface area (Å²) in [6, 6.07) is 5.00. The van der Waals surface area contributed by atoms with Crippen LogP contribution in [0.25, 0.3) is 0 Å². The lowest BCUT2D eigenvalue weighted by atomic mass is 10.2. The van der Waals surface area contributed by atoms with Gasteiger partial charge in [-0.15, -0.1) is 13.2 Å². The molecule has 0 aliphatic rings. The molecule has 0 saturated heterocycles. The first-order chi connectivity index (χ1) is 9.74. The quantitative estimate of drug-likeness (QED) is 0.639. The zero-order valence-electron chi connectivity index (χ0n) is 10.2. The molecule has 1 heterocycles. The van der Waals surface area contributed by atoms with Gasteiger partial charge in [0.2, 0.25) is 0 Å². The fourth-order valence-corrected chi connectivity index (χ4v) is 1.73. The van der Waals surface area contributed by atoms with Gasteiger partial charge in [0.25, 0.3) is 0 Å². The average molecular weight is 322 g/mol. The van der Waals surface area contributed by atoms with Crippen LogP contribution in [0.2, 0.25) is 5.02 Å². The maximum Gasteiger partial charge on any atom is 0.573 e. The van der Waals surface area contributed by atoms with Crippen molar-refractivity contribution < 1.29 is 22.8 Å². The van der Waals surface area contributed by atoms with Crippen molar-refractivity contribution in [2.45, 2.75) is 12.9 Å². The van der Waals surface area contributed by atoms with Crippen LogP contribution in [-0.2, 0) is 6.54 Å². The number of nitro groups is 1. The van der Waals surface area contributed by atoms with Crippen molar-refractivity contribution in [3.63, 3.8) is 0 Å². The summed E-state index contributed by atoms with van der Waals surface area (Å²) in [6.07, 6.45) is -3.51. The Labute approximate surface area is 120 Å². The van der Waals surface area contributed by atoms with E-state index in [1.807, 2.05) is 0 Å². The molecule has 0 spiro atoms. The molecule has 0 radical (unpaired) electrons. The molecule has 0 saturated carbocycles. The molecule has 21 heavy (non-hydrogen) atoms. The minimum Gasteiger partial charge on any atom is -0.404 e. The van der Waals surface area contributed by atoms with Crippen LogP contribution < -0.4 is 4.74 Å². The van der Waals surface area contributed by atoms with Crippen LogP contribution >= 0.6 is 11.6 Å². The molecule has 6 nitrogen and oxygen atoms in total. The van der Waals surface area contributed by atoms with Crippen LogP contribution in [0.4, 0.5) is 19.0 Å². The van der Waals surface area contributed by atoms with Crippen LogP contribution in [0.15, 0.2) is 30.5 Å². The predicted molar refractivity (Wildman–Crippen MR) is 66.1 cm³/mol. The van der Waals surface area contributed by atoms with Crippen LogP contribution in [0.1, 0.15) is 5.56 Å². The number of alkyl halides is 3. The minimum atomic E-state index is -4.85. The molecular formula is C11H7ClF3N3O3. The second kappa shape index (κ2) is 5.60. The highest BCUT2D eigenvalue weighted by Crippen LogP contribution is 2.31. The van der Waals surface area contributed by atoms with Crippen LogP contribution in [0.5, 0.6) is 5.75 Å². The van der Waals surface area contributed by atoms with Gasteiger partial charge in [0.1, 0.15) is 5.75 Å². The molecule has 2 aromatic rings. The number of hydrogen-bond donors (Lipinski definition) is 0. The SMILES string of the molecule is O=[N+]([O-])c1ccn(Cc2ccc(Cl)c(OC(F)(F)F)c2)n1. The van der Waals surface area contributed by atoms with Gasteiger partial charge in [0.05, 0.1) is 28.9 Å². The molecule has 0 amide bonds. The third-order valence-electron chi connectivity index (χ3n) is 2.38. The Balaban J connectivity index is 2.20. The number of nitrogens with zero attached hydrogens (tertiary/aromatic N) is 3. The number of halogens is 4. The lowest BCUT2D eigenvalue weighted by molar-refractivity contribution is -0.389. The van der Waals surface area contributed by atoms with Gasteiger partial charge < -0.3 is 14.9 Å². The van der Waals surface area contributed by atoms with E-state index in [1.165, 1.54) is 29.1 Å². The third-order valence-corrected chi connectivity index (χ3v) is 2.69. The standard InChI is InChI=1S/C11H7ClF3N3O3/c12-8-2-1-7(5-9(8)21-11(13,14)15)6-17-4-3-10(16-17)18(19)20/h1-5H,6H2.